The van der Waals surface area contributed by atoms with Crippen LogP contribution in [0.25, 0.3) is 11.1 Å². The molecule has 0 fully saturated rings. The molecule has 370 valence electrons. The molecule has 2 aliphatic carbocycles. The third kappa shape index (κ3) is 9.40. The second kappa shape index (κ2) is 21.2. The van der Waals surface area contributed by atoms with E-state index in [9.17, 15) is 40.2 Å². The molecule has 2 aromatic heterocycles. The fourth-order valence-corrected chi connectivity index (χ4v) is 10.6. The molecular formula is C56H34N8O10S2. The molecule has 18 nitrogen and oxygen atoms in total. The number of esters is 4. The lowest BCUT2D eigenvalue weighted by Crippen LogP contribution is -2.51. The van der Waals surface area contributed by atoms with Crippen LogP contribution in [-0.2, 0) is 85.2 Å². The maximum atomic E-state index is 14.8. The minimum atomic E-state index is -2.73. The molecule has 0 saturated carbocycles. The highest BCUT2D eigenvalue weighted by molar-refractivity contribution is 7.17. The highest BCUT2D eigenvalue weighted by Gasteiger charge is 2.63. The largest absolute Gasteiger partial charge is 0.458 e. The Morgan fingerprint density at radius 1 is 0.474 bits per heavy atom. The number of thiazole rings is 2. The number of nitrogens with zero attached hydrogens (tertiary/aromatic N) is 8. The van der Waals surface area contributed by atoms with E-state index < -0.39 is 58.3 Å². The highest BCUT2D eigenvalue weighted by Crippen LogP contribution is 2.56. The zero-order valence-electron chi connectivity index (χ0n) is 39.3. The first-order valence-electron chi connectivity index (χ1n) is 23.0. The van der Waals surface area contributed by atoms with Crippen molar-refractivity contribution >= 4 is 79.4 Å². The molecule has 2 unspecified atom stereocenters. The Balaban J connectivity index is 1.12. The molecule has 0 spiro atoms. The molecule has 4 aliphatic rings. The summed E-state index contributed by atoms with van der Waals surface area (Å²) in [6.07, 6.45) is 6.79. The van der Waals surface area contributed by atoms with E-state index >= 15 is 0 Å². The van der Waals surface area contributed by atoms with E-state index in [1.807, 2.05) is 0 Å². The first-order valence-corrected chi connectivity index (χ1v) is 24.6. The summed E-state index contributed by atoms with van der Waals surface area (Å²) in [6, 6.07) is 41.7. The Hall–Kier alpha value is -10.1. The van der Waals surface area contributed by atoms with Crippen LogP contribution >= 0.6 is 22.7 Å². The number of hydrogen-bond acceptors (Lipinski definition) is 20. The van der Waals surface area contributed by atoms with E-state index in [-0.39, 0.29) is 69.4 Å². The number of fused-ring (bicyclic) bond motifs is 7. The predicted octanol–water partition coefficient (Wildman–Crippen LogP) is 8.76. The van der Waals surface area contributed by atoms with Crippen LogP contribution in [0, 0.1) is 57.2 Å². The van der Waals surface area contributed by atoms with Crippen molar-refractivity contribution in [1.29, 1.82) is 21.0 Å². The first-order chi connectivity index (χ1) is 37.1. The lowest BCUT2D eigenvalue weighted by Gasteiger charge is -2.40. The Kier molecular flexibility index (Phi) is 13.8. The molecule has 2 atom stereocenters. The number of aromatic nitrogens is 2. The van der Waals surface area contributed by atoms with Crippen LogP contribution in [0.3, 0.4) is 0 Å². The van der Waals surface area contributed by atoms with E-state index in [2.05, 4.69) is 20.0 Å². The summed E-state index contributed by atoms with van der Waals surface area (Å²) >= 11 is 1.73. The second-order valence-corrected chi connectivity index (χ2v) is 18.9. The Morgan fingerprint density at radius 2 is 0.763 bits per heavy atom. The normalized spacial score (nSPS) is 16.5. The zero-order chi connectivity index (χ0) is 52.8. The molecule has 2 aliphatic heterocycles. The molecule has 4 aromatic carbocycles. The van der Waals surface area contributed by atoms with Gasteiger partial charge in [-0.05, 0) is 34.4 Å². The fourth-order valence-electron chi connectivity index (χ4n) is 8.51. The number of ether oxygens (including phenoxy) is 6. The second-order valence-electron chi connectivity index (χ2n) is 16.9. The minimum Gasteiger partial charge on any atom is -0.458 e. The van der Waals surface area contributed by atoms with Gasteiger partial charge in [-0.2, -0.15) is 31.0 Å². The fraction of sp³-hybridized carbons (Fsp3) is 0.143. The van der Waals surface area contributed by atoms with E-state index in [4.69, 9.17) is 28.4 Å². The number of hydrogen-bond donors (Lipinski definition) is 0. The highest BCUT2D eigenvalue weighted by atomic mass is 32.1. The summed E-state index contributed by atoms with van der Waals surface area (Å²) in [5.41, 5.74) is -4.16. The van der Waals surface area contributed by atoms with Crippen molar-refractivity contribution in [3.05, 3.63) is 201 Å². The number of benzene rings is 4. The van der Waals surface area contributed by atoms with Crippen LogP contribution in [0.2, 0.25) is 0 Å². The van der Waals surface area contributed by atoms with Crippen LogP contribution in [0.5, 0.6) is 0 Å². The van der Waals surface area contributed by atoms with Gasteiger partial charge in [-0.1, -0.05) is 156 Å². The maximum absolute atomic E-state index is 14.8. The third-order valence-electron chi connectivity index (χ3n) is 12.1. The molecule has 0 saturated heterocycles. The molecule has 20 heteroatoms. The standard InChI is InChI=1S/C56H34N8O10S2/c57-25-39(26-58)61-53-63-47-45(75-53)41-21-38-24-44-42(22-37(38)23-43(41)73-55(47,49(65)69-29-33-13-5-1-6-14-33)50(66)70-30-34-15-7-2-8-16-34)46-48(64-54(76-46)62-40(27-59)28-60)56(74-44,51(67)71-31-35-17-9-3-10-18-35)52(68)72-32-36-19-11-4-12-20-36/h1-24,37-38H,29-32H2. The Bertz CT molecular complexity index is 3320. The summed E-state index contributed by atoms with van der Waals surface area (Å²) in [5.74, 6) is -6.09. The summed E-state index contributed by atoms with van der Waals surface area (Å²) in [5, 5.41) is 38.4. The van der Waals surface area contributed by atoms with Gasteiger partial charge in [-0.3, -0.25) is 0 Å². The van der Waals surface area contributed by atoms with Crippen molar-refractivity contribution in [1.82, 2.24) is 9.97 Å². The number of rotatable bonds is 14. The molecular weight excluding hydrogens is 1010 g/mol. The van der Waals surface area contributed by atoms with Crippen LogP contribution in [-0.4, -0.2) is 45.3 Å². The zero-order valence-corrected chi connectivity index (χ0v) is 40.9. The molecule has 10 rings (SSSR count). The van der Waals surface area contributed by atoms with Gasteiger partial charge < -0.3 is 28.4 Å². The summed E-state index contributed by atoms with van der Waals surface area (Å²) < 4.78 is 36.7. The number of allylic oxidation sites excluding steroid dienone is 6. The van der Waals surface area contributed by atoms with Gasteiger partial charge in [0.05, 0.1) is 9.75 Å². The van der Waals surface area contributed by atoms with Crippen molar-refractivity contribution in [3.63, 3.8) is 0 Å². The van der Waals surface area contributed by atoms with Gasteiger partial charge in [0, 0.05) is 23.0 Å². The molecule has 0 N–H and O–H groups in total. The smallest absolute Gasteiger partial charge is 0.369 e. The number of carbonyl (C=O) groups is 4. The van der Waals surface area contributed by atoms with E-state index in [1.165, 1.54) is 0 Å². The van der Waals surface area contributed by atoms with Gasteiger partial charge in [0.25, 0.3) is 0 Å². The number of aliphatic imine (C=N–C) groups is 2. The Morgan fingerprint density at radius 3 is 1.04 bits per heavy atom. The molecule has 0 bridgehead atoms. The average Bonchev–Trinajstić information content (AvgIpc) is 4.20. The molecule has 0 radical (unpaired) electrons. The van der Waals surface area contributed by atoms with Crippen LogP contribution < -0.4 is 0 Å². The average molecular weight is 1040 g/mol. The van der Waals surface area contributed by atoms with Gasteiger partial charge >= 0.3 is 35.1 Å². The number of carbonyl (C=O) groups excluding carboxylic acids is 4. The minimum absolute atomic E-state index is 0.0123. The molecule has 4 heterocycles. The van der Waals surface area contributed by atoms with Crippen LogP contribution in [0.15, 0.2) is 167 Å². The van der Waals surface area contributed by atoms with Gasteiger partial charge in [-0.15, -0.1) is 0 Å². The summed E-state index contributed by atoms with van der Waals surface area (Å²) in [4.78, 5) is 77.1. The van der Waals surface area contributed by atoms with Gasteiger partial charge in [0.1, 0.15) is 73.6 Å². The lowest BCUT2D eigenvalue weighted by atomic mass is 9.76. The molecule has 6 aromatic rings. The topological polar surface area (TPSA) is 269 Å². The van der Waals surface area contributed by atoms with Gasteiger partial charge in [0.15, 0.2) is 0 Å². The van der Waals surface area contributed by atoms with E-state index in [0.717, 1.165) is 22.7 Å². The summed E-state index contributed by atoms with van der Waals surface area (Å²) in [7, 11) is 0. The van der Waals surface area contributed by atoms with Crippen LogP contribution in [0.4, 0.5) is 10.3 Å². The SMILES string of the molecule is N#CC(C#N)=Nc1nc2c(s1)C1=CC3C=C4OC(C(=O)OCc5ccccc5)(C(=O)OCc5ccccc5)c5nc(N=C(C#N)C#N)sc5C4=CC3C=C1OC2(C(=O)OCc1ccccc1)C(=O)OCc1ccccc1. The summed E-state index contributed by atoms with van der Waals surface area (Å²) in [6.45, 7) is -1.13. The maximum Gasteiger partial charge on any atom is 0.369 e. The van der Waals surface area contributed by atoms with Crippen molar-refractivity contribution in [3.8, 4) is 24.3 Å². The number of nitriles is 4. The molecule has 76 heavy (non-hydrogen) atoms. The first kappa shape index (κ1) is 49.5. The predicted molar refractivity (Wildman–Crippen MR) is 270 cm³/mol. The Labute approximate surface area is 440 Å². The van der Waals surface area contributed by atoms with E-state index in [1.54, 1.807) is 170 Å². The molecule has 0 amide bonds. The van der Waals surface area contributed by atoms with Crippen molar-refractivity contribution in [2.75, 3.05) is 0 Å². The van der Waals surface area contributed by atoms with Crippen molar-refractivity contribution in [2.24, 2.45) is 21.8 Å². The third-order valence-corrected chi connectivity index (χ3v) is 14.1. The quantitative estimate of drug-likeness (QED) is 0.0427. The van der Waals surface area contributed by atoms with Crippen molar-refractivity contribution in [2.45, 2.75) is 37.6 Å². The lowest BCUT2D eigenvalue weighted by molar-refractivity contribution is -0.191. The van der Waals surface area contributed by atoms with Crippen LogP contribution in [0.1, 0.15) is 43.4 Å². The van der Waals surface area contributed by atoms with Crippen molar-refractivity contribution < 1.29 is 47.6 Å². The van der Waals surface area contributed by atoms with Gasteiger partial charge in [-0.25, -0.2) is 29.1 Å². The van der Waals surface area contributed by atoms with Gasteiger partial charge in [0.2, 0.25) is 21.7 Å². The van der Waals surface area contributed by atoms with E-state index in [0.29, 0.717) is 33.4 Å². The monoisotopic (exact) mass is 1040 g/mol.